The van der Waals surface area contributed by atoms with Crippen molar-refractivity contribution in [2.45, 2.75) is 33.2 Å². The summed E-state index contributed by atoms with van der Waals surface area (Å²) in [6.07, 6.45) is -3.72. The van der Waals surface area contributed by atoms with Crippen LogP contribution in [0.15, 0.2) is 59.1 Å². The number of hydrogen-bond donors (Lipinski definition) is 1. The second-order valence-corrected chi connectivity index (χ2v) is 9.55. The number of aliphatic hydroxyl groups excluding tert-OH is 1. The minimum Gasteiger partial charge on any atom is -0.440 e. The quantitative estimate of drug-likeness (QED) is 0.180. The molecule has 0 unspecified atom stereocenters. The molecule has 1 N–H and O–H groups in total. The summed E-state index contributed by atoms with van der Waals surface area (Å²) in [6, 6.07) is 9.16. The van der Waals surface area contributed by atoms with Crippen LogP contribution in [-0.4, -0.2) is 34.9 Å². The smallest absolute Gasteiger partial charge is 0.435 e. The fourth-order valence-electron chi connectivity index (χ4n) is 4.55. The van der Waals surface area contributed by atoms with Crippen LogP contribution >= 0.6 is 0 Å². The Morgan fingerprint density at radius 3 is 2.11 bits per heavy atom. The van der Waals surface area contributed by atoms with E-state index in [4.69, 9.17) is 12.8 Å². The van der Waals surface area contributed by atoms with E-state index in [-0.39, 0.29) is 39.7 Å². The maximum atomic E-state index is 14.7. The maximum Gasteiger partial charge on any atom is 0.435 e. The number of hydrogen-bond acceptors (Lipinski definition) is 7. The van der Waals surface area contributed by atoms with Crippen molar-refractivity contribution in [1.29, 1.82) is 0 Å². The summed E-state index contributed by atoms with van der Waals surface area (Å²) in [5.41, 5.74) is -0.378. The average molecular weight is 674 g/mol. The van der Waals surface area contributed by atoms with Crippen molar-refractivity contribution < 1.29 is 57.8 Å². The third-order valence-corrected chi connectivity index (χ3v) is 6.49. The van der Waals surface area contributed by atoms with Crippen molar-refractivity contribution in [2.75, 3.05) is 0 Å². The van der Waals surface area contributed by atoms with Crippen LogP contribution in [0.2, 0.25) is 0 Å². The molecular formula is C29H19F8N3O5S. The van der Waals surface area contributed by atoms with E-state index in [1.807, 2.05) is 0 Å². The van der Waals surface area contributed by atoms with Crippen LogP contribution in [0.1, 0.15) is 22.7 Å². The van der Waals surface area contributed by atoms with Gasteiger partial charge in [0.05, 0.1) is 12.3 Å². The minimum atomic E-state index is -4.76. The summed E-state index contributed by atoms with van der Waals surface area (Å²) in [5, 5.41) is 13.1. The molecule has 0 aliphatic carbocycles. The first kappa shape index (κ1) is 34.0. The molecule has 0 amide bonds. The molecule has 2 aromatic heterocycles. The molecule has 3 aromatic carbocycles. The number of aliphatic hydroxyl groups is 1. The highest BCUT2D eigenvalue weighted by Crippen LogP contribution is 2.41. The summed E-state index contributed by atoms with van der Waals surface area (Å²) >= 11 is -0.750. The first-order chi connectivity index (χ1) is 21.7. The first-order valence-corrected chi connectivity index (χ1v) is 13.4. The zero-order valence-electron chi connectivity index (χ0n) is 23.3. The van der Waals surface area contributed by atoms with Crippen LogP contribution in [0.3, 0.4) is 0 Å². The van der Waals surface area contributed by atoms with E-state index in [1.165, 1.54) is 25.1 Å². The molecule has 0 bridgehead atoms. The fraction of sp³-hybridized carbons (Fsp3) is 0.172. The number of nitrogens with zero attached hydrogens (tertiary/aromatic N) is 3. The number of aromatic nitrogens is 3. The number of alkyl halides is 5. The van der Waals surface area contributed by atoms with Gasteiger partial charge in [-0.3, -0.25) is 0 Å². The molecule has 0 aliphatic heterocycles. The molecule has 0 atom stereocenters. The van der Waals surface area contributed by atoms with E-state index in [9.17, 15) is 40.2 Å². The molecule has 2 heterocycles. The third kappa shape index (κ3) is 7.15. The van der Waals surface area contributed by atoms with Crippen LogP contribution in [0, 0.1) is 31.3 Å². The second-order valence-electron chi connectivity index (χ2n) is 9.41. The summed E-state index contributed by atoms with van der Waals surface area (Å²) in [4.78, 5) is 4.18. The van der Waals surface area contributed by atoms with E-state index >= 15 is 0 Å². The van der Waals surface area contributed by atoms with Gasteiger partial charge < -0.3 is 14.3 Å². The summed E-state index contributed by atoms with van der Waals surface area (Å²) in [7, 11) is 0. The summed E-state index contributed by atoms with van der Waals surface area (Å²) in [5.74, 6) is -5.12. The predicted molar refractivity (Wildman–Crippen MR) is 146 cm³/mol. The van der Waals surface area contributed by atoms with Gasteiger partial charge in [-0.05, 0) is 60.0 Å². The molecule has 5 aromatic rings. The van der Waals surface area contributed by atoms with Crippen LogP contribution in [0.5, 0.6) is 5.75 Å². The predicted octanol–water partition coefficient (Wildman–Crippen LogP) is 7.34. The molecular weight excluding hydrogens is 654 g/mol. The van der Waals surface area contributed by atoms with E-state index < -0.39 is 59.9 Å². The zero-order chi connectivity index (χ0) is 33.9. The lowest BCUT2D eigenvalue weighted by Crippen LogP contribution is -2.08. The van der Waals surface area contributed by atoms with Gasteiger partial charge in [0.2, 0.25) is 0 Å². The molecule has 0 radical (unpaired) electrons. The van der Waals surface area contributed by atoms with Gasteiger partial charge in [0.25, 0.3) is 0 Å². The van der Waals surface area contributed by atoms with Crippen molar-refractivity contribution in [2.24, 2.45) is 0 Å². The van der Waals surface area contributed by atoms with Gasteiger partial charge in [0, 0.05) is 29.8 Å². The standard InChI is InChI=1S/C29H19F8N3O3.O2S/c1-13-7-16(9-20(30)19(13)12-41)15-3-4-23(40-6-5-24(39-40)29(35,36)37)18(8-15)26-25(38-14(2)42-26)17-10-21(31)27(22(32)11-17)43-28(33)34;1-3-2/h3-11,28,41H,12H2,1-2H3;. The lowest BCUT2D eigenvalue weighted by atomic mass is 9.96. The molecule has 46 heavy (non-hydrogen) atoms. The topological polar surface area (TPSA) is 107 Å². The molecule has 242 valence electrons. The fourth-order valence-corrected chi connectivity index (χ4v) is 4.55. The van der Waals surface area contributed by atoms with E-state index in [0.29, 0.717) is 28.8 Å². The molecule has 17 heteroatoms. The highest BCUT2D eigenvalue weighted by molar-refractivity contribution is 7.51. The molecule has 8 nitrogen and oxygen atoms in total. The zero-order valence-corrected chi connectivity index (χ0v) is 24.2. The number of halogens is 8. The maximum absolute atomic E-state index is 14.7. The Balaban J connectivity index is 0.00000154. The number of ether oxygens (including phenoxy) is 1. The third-order valence-electron chi connectivity index (χ3n) is 6.49. The van der Waals surface area contributed by atoms with Crippen molar-refractivity contribution in [3.8, 4) is 45.1 Å². The van der Waals surface area contributed by atoms with Crippen LogP contribution in [0.25, 0.3) is 39.4 Å². The number of benzene rings is 3. The number of aryl methyl sites for hydroxylation is 2. The first-order valence-electron chi connectivity index (χ1n) is 12.7. The lowest BCUT2D eigenvalue weighted by molar-refractivity contribution is -0.141. The Labute approximate surface area is 257 Å². The molecule has 0 spiro atoms. The van der Waals surface area contributed by atoms with Gasteiger partial charge in [-0.2, -0.15) is 35.5 Å². The van der Waals surface area contributed by atoms with E-state index in [2.05, 4.69) is 14.8 Å². The monoisotopic (exact) mass is 673 g/mol. The van der Waals surface area contributed by atoms with Crippen LogP contribution < -0.4 is 4.74 Å². The highest BCUT2D eigenvalue weighted by Gasteiger charge is 2.34. The van der Waals surface area contributed by atoms with Crippen molar-refractivity contribution in [3.05, 3.63) is 94.9 Å². The van der Waals surface area contributed by atoms with Gasteiger partial charge in [0.15, 0.2) is 34.7 Å². The van der Waals surface area contributed by atoms with Gasteiger partial charge in [-0.1, -0.05) is 12.1 Å². The number of oxazole rings is 1. The largest absolute Gasteiger partial charge is 0.440 e. The van der Waals surface area contributed by atoms with Crippen molar-refractivity contribution >= 4 is 11.6 Å². The Morgan fingerprint density at radius 2 is 1.57 bits per heavy atom. The molecule has 0 saturated carbocycles. The molecule has 5 rings (SSSR count). The number of rotatable bonds is 7. The van der Waals surface area contributed by atoms with Gasteiger partial charge in [-0.15, -0.1) is 0 Å². The van der Waals surface area contributed by atoms with E-state index in [0.717, 1.165) is 23.0 Å². The van der Waals surface area contributed by atoms with E-state index in [1.54, 1.807) is 13.0 Å². The molecule has 0 fully saturated rings. The second kappa shape index (κ2) is 13.6. The lowest BCUT2D eigenvalue weighted by Gasteiger charge is -2.14. The molecule has 0 aliphatic rings. The highest BCUT2D eigenvalue weighted by atomic mass is 32.1. The Kier molecular flexibility index (Phi) is 10.1. The van der Waals surface area contributed by atoms with Gasteiger partial charge >= 0.3 is 24.4 Å². The van der Waals surface area contributed by atoms with Gasteiger partial charge in [-0.25, -0.2) is 22.8 Å². The van der Waals surface area contributed by atoms with Crippen LogP contribution in [0.4, 0.5) is 35.1 Å². The SMILES string of the molecule is Cc1nc(-c2cc(F)c(OC(F)F)c(F)c2)c(-c2cc(-c3cc(C)c(CO)c(F)c3)ccc2-n2ccc(C(F)(F)F)n2)o1.O=S=O. The summed E-state index contributed by atoms with van der Waals surface area (Å²) < 4.78 is 137. The minimum absolute atomic E-state index is 0.0132. The Hall–Kier alpha value is -4.90. The van der Waals surface area contributed by atoms with Crippen LogP contribution in [-0.2, 0) is 24.4 Å². The normalized spacial score (nSPS) is 11.4. The summed E-state index contributed by atoms with van der Waals surface area (Å²) in [6.45, 7) is -1.06. The van der Waals surface area contributed by atoms with Gasteiger partial charge in [0.1, 0.15) is 11.5 Å². The van der Waals surface area contributed by atoms with Crippen molar-refractivity contribution in [3.63, 3.8) is 0 Å². The van der Waals surface area contributed by atoms with Crippen molar-refractivity contribution in [1.82, 2.24) is 14.8 Å². The average Bonchev–Trinajstić information content (AvgIpc) is 3.62. The molecule has 0 saturated heterocycles. The Bertz CT molecular complexity index is 1890. The Morgan fingerprint density at radius 1 is 0.935 bits per heavy atom.